The van der Waals surface area contributed by atoms with Gasteiger partial charge in [-0.1, -0.05) is 0 Å². The van der Waals surface area contributed by atoms with Crippen molar-refractivity contribution in [3.05, 3.63) is 15.6 Å². The highest BCUT2D eigenvalue weighted by Gasteiger charge is 2.40. The molecule has 1 aliphatic carbocycles. The summed E-state index contributed by atoms with van der Waals surface area (Å²) in [5.74, 6) is -1.14. The van der Waals surface area contributed by atoms with Crippen molar-refractivity contribution in [2.24, 2.45) is 5.92 Å². The molecular formula is C10H12F3NS. The molecule has 0 saturated carbocycles. The number of hydrogen-bond donors (Lipinski definition) is 0. The SMILES string of the molecule is Cc1nc2c(s1)CCC(C(F)(F)F)CC2. The normalized spacial score (nSPS) is 22.3. The van der Waals surface area contributed by atoms with Crippen molar-refractivity contribution in [3.8, 4) is 0 Å². The van der Waals surface area contributed by atoms with Crippen molar-refractivity contribution < 1.29 is 13.2 Å². The van der Waals surface area contributed by atoms with Crippen molar-refractivity contribution in [2.45, 2.75) is 38.8 Å². The number of aromatic nitrogens is 1. The maximum absolute atomic E-state index is 12.5. The Kier molecular flexibility index (Phi) is 2.75. The highest BCUT2D eigenvalue weighted by atomic mass is 32.1. The predicted molar refractivity (Wildman–Crippen MR) is 53.0 cm³/mol. The minimum absolute atomic E-state index is 0.194. The molecule has 0 aromatic carbocycles. The number of alkyl halides is 3. The van der Waals surface area contributed by atoms with Crippen LogP contribution in [-0.2, 0) is 12.8 Å². The van der Waals surface area contributed by atoms with E-state index in [1.807, 2.05) is 6.92 Å². The van der Waals surface area contributed by atoms with Gasteiger partial charge < -0.3 is 0 Å². The largest absolute Gasteiger partial charge is 0.391 e. The van der Waals surface area contributed by atoms with E-state index in [4.69, 9.17) is 0 Å². The molecule has 2 rings (SSSR count). The van der Waals surface area contributed by atoms with E-state index >= 15 is 0 Å². The van der Waals surface area contributed by atoms with Crippen molar-refractivity contribution >= 4 is 11.3 Å². The Bertz CT molecular complexity index is 331. The molecule has 15 heavy (non-hydrogen) atoms. The fourth-order valence-electron chi connectivity index (χ4n) is 1.99. The third-order valence-corrected chi connectivity index (χ3v) is 3.87. The zero-order valence-corrected chi connectivity index (χ0v) is 9.21. The Morgan fingerprint density at radius 1 is 1.27 bits per heavy atom. The van der Waals surface area contributed by atoms with Gasteiger partial charge in [0.1, 0.15) is 0 Å². The zero-order valence-electron chi connectivity index (χ0n) is 8.40. The molecule has 0 N–H and O–H groups in total. The molecular weight excluding hydrogens is 223 g/mol. The average molecular weight is 235 g/mol. The summed E-state index contributed by atoms with van der Waals surface area (Å²) in [7, 11) is 0. The van der Waals surface area contributed by atoms with Crippen molar-refractivity contribution in [1.82, 2.24) is 4.98 Å². The number of aryl methyl sites for hydroxylation is 3. The molecule has 0 saturated heterocycles. The lowest BCUT2D eigenvalue weighted by Gasteiger charge is -2.17. The average Bonchev–Trinajstić information content (AvgIpc) is 2.32. The number of hydrogen-bond acceptors (Lipinski definition) is 2. The minimum Gasteiger partial charge on any atom is -0.246 e. The summed E-state index contributed by atoms with van der Waals surface area (Å²) in [6.07, 6.45) is -2.62. The van der Waals surface area contributed by atoms with Gasteiger partial charge in [-0.3, -0.25) is 0 Å². The maximum Gasteiger partial charge on any atom is 0.391 e. The molecule has 1 aromatic heterocycles. The van der Waals surface area contributed by atoms with Gasteiger partial charge in [-0.25, -0.2) is 4.98 Å². The van der Waals surface area contributed by atoms with Gasteiger partial charge in [0, 0.05) is 4.88 Å². The first kappa shape index (κ1) is 10.9. The molecule has 1 heterocycles. The lowest BCUT2D eigenvalue weighted by molar-refractivity contribution is -0.177. The zero-order chi connectivity index (χ0) is 11.1. The number of halogens is 3. The van der Waals surface area contributed by atoms with E-state index in [1.165, 1.54) is 11.3 Å². The summed E-state index contributed by atoms with van der Waals surface area (Å²) in [5.41, 5.74) is 0.893. The summed E-state index contributed by atoms with van der Waals surface area (Å²) < 4.78 is 37.5. The molecule has 0 fully saturated rings. The van der Waals surface area contributed by atoms with E-state index in [2.05, 4.69) is 4.98 Å². The fourth-order valence-corrected chi connectivity index (χ4v) is 2.99. The van der Waals surface area contributed by atoms with E-state index in [1.54, 1.807) is 0 Å². The second-order valence-electron chi connectivity index (χ2n) is 3.92. The van der Waals surface area contributed by atoms with Gasteiger partial charge in [0.05, 0.1) is 16.6 Å². The van der Waals surface area contributed by atoms with Gasteiger partial charge in [0.2, 0.25) is 0 Å². The smallest absolute Gasteiger partial charge is 0.246 e. The van der Waals surface area contributed by atoms with Gasteiger partial charge in [-0.15, -0.1) is 11.3 Å². The first-order chi connectivity index (χ1) is 6.97. The molecule has 1 aliphatic rings. The van der Waals surface area contributed by atoms with Crippen molar-refractivity contribution in [1.29, 1.82) is 0 Å². The van der Waals surface area contributed by atoms with E-state index in [0.717, 1.165) is 15.6 Å². The second kappa shape index (κ2) is 3.77. The first-order valence-corrected chi connectivity index (χ1v) is 5.80. The van der Waals surface area contributed by atoms with Gasteiger partial charge >= 0.3 is 6.18 Å². The van der Waals surface area contributed by atoms with Crippen LogP contribution < -0.4 is 0 Å². The molecule has 0 bridgehead atoms. The third kappa shape index (κ3) is 2.33. The molecule has 0 aliphatic heterocycles. The summed E-state index contributed by atoms with van der Waals surface area (Å²) in [6.45, 7) is 1.90. The Hall–Kier alpha value is -0.580. The summed E-state index contributed by atoms with van der Waals surface area (Å²) >= 11 is 1.54. The van der Waals surface area contributed by atoms with E-state index in [0.29, 0.717) is 12.8 Å². The third-order valence-electron chi connectivity index (χ3n) is 2.80. The first-order valence-electron chi connectivity index (χ1n) is 4.98. The van der Waals surface area contributed by atoms with Crippen LogP contribution in [0.1, 0.15) is 28.4 Å². The van der Waals surface area contributed by atoms with Gasteiger partial charge in [0.15, 0.2) is 0 Å². The van der Waals surface area contributed by atoms with Gasteiger partial charge in [0.25, 0.3) is 0 Å². The van der Waals surface area contributed by atoms with Crippen LogP contribution >= 0.6 is 11.3 Å². The summed E-state index contributed by atoms with van der Waals surface area (Å²) in [4.78, 5) is 5.33. The Balaban J connectivity index is 2.13. The number of thiazole rings is 1. The van der Waals surface area contributed by atoms with Crippen LogP contribution in [0.5, 0.6) is 0 Å². The fraction of sp³-hybridized carbons (Fsp3) is 0.700. The van der Waals surface area contributed by atoms with Crippen LogP contribution in [0.25, 0.3) is 0 Å². The topological polar surface area (TPSA) is 12.9 Å². The quantitative estimate of drug-likeness (QED) is 0.627. The van der Waals surface area contributed by atoms with Crippen molar-refractivity contribution in [2.75, 3.05) is 0 Å². The molecule has 1 nitrogen and oxygen atoms in total. The van der Waals surface area contributed by atoms with Crippen LogP contribution in [0.2, 0.25) is 0 Å². The van der Waals surface area contributed by atoms with Crippen LogP contribution in [0.15, 0.2) is 0 Å². The van der Waals surface area contributed by atoms with Crippen LogP contribution in [0.4, 0.5) is 13.2 Å². The van der Waals surface area contributed by atoms with Gasteiger partial charge in [-0.2, -0.15) is 13.2 Å². The van der Waals surface area contributed by atoms with E-state index in [-0.39, 0.29) is 12.8 Å². The summed E-state index contributed by atoms with van der Waals surface area (Å²) in [6, 6.07) is 0. The second-order valence-corrected chi connectivity index (χ2v) is 5.21. The predicted octanol–water partition coefficient (Wildman–Crippen LogP) is 3.51. The van der Waals surface area contributed by atoms with Crippen LogP contribution in [-0.4, -0.2) is 11.2 Å². The van der Waals surface area contributed by atoms with Crippen LogP contribution in [0.3, 0.4) is 0 Å². The molecule has 0 amide bonds. The van der Waals surface area contributed by atoms with Crippen LogP contribution in [0, 0.1) is 12.8 Å². The Morgan fingerprint density at radius 3 is 2.60 bits per heavy atom. The standard InChI is InChI=1S/C10H12F3NS/c1-6-14-8-4-2-7(10(11,12)13)3-5-9(8)15-6/h7H,2-5H2,1H3. The van der Waals surface area contributed by atoms with E-state index < -0.39 is 12.1 Å². The Morgan fingerprint density at radius 2 is 1.93 bits per heavy atom. The maximum atomic E-state index is 12.5. The van der Waals surface area contributed by atoms with E-state index in [9.17, 15) is 13.2 Å². The highest BCUT2D eigenvalue weighted by molar-refractivity contribution is 7.11. The monoisotopic (exact) mass is 235 g/mol. The minimum atomic E-state index is -4.04. The molecule has 5 heteroatoms. The molecule has 1 aromatic rings. The molecule has 0 spiro atoms. The number of rotatable bonds is 0. The Labute approximate surface area is 90.3 Å². The molecule has 84 valence electrons. The van der Waals surface area contributed by atoms with Gasteiger partial charge in [-0.05, 0) is 32.6 Å². The molecule has 0 radical (unpaired) electrons. The number of nitrogens with zero attached hydrogens (tertiary/aromatic N) is 1. The molecule has 1 unspecified atom stereocenters. The lowest BCUT2D eigenvalue weighted by atomic mass is 10.00. The highest BCUT2D eigenvalue weighted by Crippen LogP contribution is 2.37. The van der Waals surface area contributed by atoms with Crippen molar-refractivity contribution in [3.63, 3.8) is 0 Å². The molecule has 1 atom stereocenters. The lowest BCUT2D eigenvalue weighted by Crippen LogP contribution is -2.23. The summed E-state index contributed by atoms with van der Waals surface area (Å²) in [5, 5.41) is 0.963. The number of fused-ring (bicyclic) bond motifs is 1.